The van der Waals surface area contributed by atoms with Gasteiger partial charge in [-0.3, -0.25) is 9.78 Å². The van der Waals surface area contributed by atoms with E-state index < -0.39 is 23.2 Å². The van der Waals surface area contributed by atoms with Crippen LogP contribution in [0.3, 0.4) is 0 Å². The van der Waals surface area contributed by atoms with Crippen molar-refractivity contribution in [2.24, 2.45) is 0 Å². The quantitative estimate of drug-likeness (QED) is 0.490. The number of aliphatic hydroxyl groups excluding tert-OH is 1. The molecule has 35 heavy (non-hydrogen) atoms. The molecule has 0 aliphatic carbocycles. The highest BCUT2D eigenvalue weighted by Gasteiger charge is 2.42. The number of pyridine rings is 2. The summed E-state index contributed by atoms with van der Waals surface area (Å²) < 4.78 is 52.8. The Labute approximate surface area is 199 Å². The topological polar surface area (TPSA) is 93.6 Å². The third kappa shape index (κ3) is 5.44. The average molecular weight is 487 g/mol. The van der Waals surface area contributed by atoms with Crippen molar-refractivity contribution < 1.29 is 32.5 Å². The number of hydrogen-bond acceptors (Lipinski definition) is 6. The van der Waals surface area contributed by atoms with Crippen molar-refractivity contribution in [3.8, 4) is 17.0 Å². The van der Waals surface area contributed by atoms with Crippen LogP contribution in [-0.4, -0.2) is 47.4 Å². The number of aromatic nitrogens is 2. The molecule has 0 unspecified atom stereocenters. The largest absolute Gasteiger partial charge is 0.475 e. The summed E-state index contributed by atoms with van der Waals surface area (Å²) in [6, 6.07) is 10.8. The normalized spacial score (nSPS) is 14.8. The molecule has 1 saturated heterocycles. The Morgan fingerprint density at radius 2 is 2.00 bits per heavy atom. The lowest BCUT2D eigenvalue weighted by Gasteiger charge is -2.33. The molecule has 2 N–H and O–H groups in total. The second-order valence-electron chi connectivity index (χ2n) is 8.41. The fourth-order valence-electron chi connectivity index (χ4n) is 3.57. The molecule has 0 saturated carbocycles. The molecule has 1 amide bonds. The van der Waals surface area contributed by atoms with Crippen LogP contribution >= 0.6 is 0 Å². The number of nitrogens with zero attached hydrogens (tertiary/aromatic N) is 2. The van der Waals surface area contributed by atoms with Gasteiger partial charge in [-0.1, -0.05) is 6.07 Å². The van der Waals surface area contributed by atoms with Crippen molar-refractivity contribution in [2.45, 2.75) is 25.4 Å². The fourth-order valence-corrected chi connectivity index (χ4v) is 3.57. The number of carbonyl (C=O) groups is 1. The third-order valence-electron chi connectivity index (χ3n) is 5.54. The molecule has 0 atom stereocenters. The molecule has 184 valence electrons. The summed E-state index contributed by atoms with van der Waals surface area (Å²) in [7, 11) is 0. The van der Waals surface area contributed by atoms with Gasteiger partial charge in [0.05, 0.1) is 25.5 Å². The van der Waals surface area contributed by atoms with Gasteiger partial charge in [-0.25, -0.2) is 9.37 Å². The Morgan fingerprint density at radius 3 is 2.66 bits per heavy atom. The molecule has 0 radical (unpaired) electrons. The van der Waals surface area contributed by atoms with Crippen LogP contribution in [0, 0.1) is 6.92 Å². The number of halogens is 3. The van der Waals surface area contributed by atoms with Crippen LogP contribution < -0.4 is 10.1 Å². The van der Waals surface area contributed by atoms with Gasteiger partial charge in [0.25, 0.3) is 11.8 Å². The van der Waals surface area contributed by atoms with Crippen LogP contribution in [0.15, 0.2) is 48.7 Å². The number of aliphatic hydroxyl groups is 1. The first-order valence-corrected chi connectivity index (χ1v) is 10.9. The minimum absolute atomic E-state index is 0.00845. The first-order chi connectivity index (χ1) is 16.6. The fraction of sp³-hybridized carbons (Fsp3) is 0.320. The van der Waals surface area contributed by atoms with Gasteiger partial charge in [0.1, 0.15) is 12.3 Å². The minimum Gasteiger partial charge on any atom is -0.475 e. The molecule has 3 aromatic rings. The Bertz CT molecular complexity index is 1240. The summed E-state index contributed by atoms with van der Waals surface area (Å²) in [5.74, 6) is -3.61. The average Bonchev–Trinajstić information content (AvgIpc) is 2.81. The summed E-state index contributed by atoms with van der Waals surface area (Å²) in [5.41, 5.74) is 0.458. The van der Waals surface area contributed by atoms with E-state index >= 15 is 4.39 Å². The number of nitrogens with one attached hydrogen (secondary N) is 1. The third-order valence-corrected chi connectivity index (χ3v) is 5.54. The smallest absolute Gasteiger partial charge is 0.286 e. The summed E-state index contributed by atoms with van der Waals surface area (Å²) in [4.78, 5) is 20.6. The first-order valence-electron chi connectivity index (χ1n) is 10.9. The Hall–Kier alpha value is -3.50. The Balaban J connectivity index is 1.66. The van der Waals surface area contributed by atoms with E-state index in [1.807, 2.05) is 6.92 Å². The predicted molar refractivity (Wildman–Crippen MR) is 122 cm³/mol. The number of rotatable bonds is 8. The number of carbonyl (C=O) groups excluding carboxylic acids is 1. The molecule has 1 aromatic carbocycles. The summed E-state index contributed by atoms with van der Waals surface area (Å²) >= 11 is 0. The van der Waals surface area contributed by atoms with Gasteiger partial charge in [0.15, 0.2) is 5.67 Å². The molecule has 10 heteroatoms. The molecule has 7 nitrogen and oxygen atoms in total. The van der Waals surface area contributed by atoms with Gasteiger partial charge in [0, 0.05) is 30.4 Å². The zero-order chi connectivity index (χ0) is 25.2. The van der Waals surface area contributed by atoms with Gasteiger partial charge in [-0.05, 0) is 53.9 Å². The summed E-state index contributed by atoms with van der Waals surface area (Å²) in [5, 5.41) is 11.8. The second-order valence-corrected chi connectivity index (χ2v) is 8.41. The number of amides is 1. The van der Waals surface area contributed by atoms with Crippen molar-refractivity contribution in [1.29, 1.82) is 0 Å². The zero-order valence-electron chi connectivity index (χ0n) is 19.1. The van der Waals surface area contributed by atoms with E-state index in [9.17, 15) is 13.6 Å². The molecule has 0 bridgehead atoms. The maximum atomic E-state index is 15.1. The van der Waals surface area contributed by atoms with E-state index in [2.05, 4.69) is 15.3 Å². The van der Waals surface area contributed by atoms with Gasteiger partial charge in [-0.15, -0.1) is 0 Å². The zero-order valence-corrected chi connectivity index (χ0v) is 19.1. The molecule has 1 aliphatic rings. The van der Waals surface area contributed by atoms with Crippen LogP contribution in [0.25, 0.3) is 11.1 Å². The molecular formula is C25H24F3N3O4. The molecular weight excluding hydrogens is 463 g/mol. The number of anilines is 1. The lowest BCUT2D eigenvalue weighted by atomic mass is 9.94. The molecule has 2 aromatic heterocycles. The molecule has 1 fully saturated rings. The van der Waals surface area contributed by atoms with E-state index in [0.29, 0.717) is 23.7 Å². The van der Waals surface area contributed by atoms with E-state index in [1.54, 1.807) is 30.3 Å². The summed E-state index contributed by atoms with van der Waals surface area (Å²) in [6.45, 7) is 2.08. The van der Waals surface area contributed by atoms with E-state index in [0.717, 1.165) is 17.8 Å². The van der Waals surface area contributed by atoms with Crippen molar-refractivity contribution in [3.63, 3.8) is 0 Å². The van der Waals surface area contributed by atoms with Gasteiger partial charge >= 0.3 is 0 Å². The van der Waals surface area contributed by atoms with Crippen LogP contribution in [0.1, 0.15) is 34.2 Å². The number of alkyl halides is 3. The Kier molecular flexibility index (Phi) is 6.77. The second kappa shape index (κ2) is 9.63. The van der Waals surface area contributed by atoms with Crippen LogP contribution in [0.4, 0.5) is 18.9 Å². The maximum Gasteiger partial charge on any atom is 0.286 e. The number of hydrogen-bond donors (Lipinski definition) is 2. The van der Waals surface area contributed by atoms with Crippen LogP contribution in [0.2, 0.25) is 0 Å². The highest BCUT2D eigenvalue weighted by atomic mass is 19.3. The lowest BCUT2D eigenvalue weighted by Crippen LogP contribution is -2.43. The highest BCUT2D eigenvalue weighted by Crippen LogP contribution is 2.37. The van der Waals surface area contributed by atoms with E-state index in [4.69, 9.17) is 14.6 Å². The first kappa shape index (κ1) is 24.6. The van der Waals surface area contributed by atoms with E-state index in [-0.39, 0.29) is 43.6 Å². The maximum absolute atomic E-state index is 15.1. The number of aryl methyl sites for hydroxylation is 1. The number of ether oxygens (including phenoxy) is 2. The lowest BCUT2D eigenvalue weighted by molar-refractivity contribution is -0.137. The molecule has 1 aliphatic heterocycles. The van der Waals surface area contributed by atoms with Crippen LogP contribution in [0.5, 0.6) is 5.88 Å². The monoisotopic (exact) mass is 487 g/mol. The predicted octanol–water partition coefficient (Wildman–Crippen LogP) is 4.38. The summed E-state index contributed by atoms with van der Waals surface area (Å²) in [6.07, 6.45) is 1.16. The number of benzene rings is 1. The Morgan fingerprint density at radius 1 is 1.23 bits per heavy atom. The molecule has 0 spiro atoms. The highest BCUT2D eigenvalue weighted by molar-refractivity contribution is 6.04. The van der Waals surface area contributed by atoms with Crippen LogP contribution in [-0.2, 0) is 16.3 Å². The minimum atomic E-state index is -3.18. The standard InChI is InChI=1S/C25H24F3N3O4/c1-15-3-4-18(30-23(33)16-5-6-29-20(9-16)24(2,26)27)12-19(15)17-10-21(25(28)13-34-14-25)31-22(11-17)35-8-7-32/h3-6,9-12,32H,7-8,13-14H2,1-2H3,(H,30,33). The van der Waals surface area contributed by atoms with Gasteiger partial charge in [0.2, 0.25) is 5.88 Å². The van der Waals surface area contributed by atoms with Crippen molar-refractivity contribution in [3.05, 3.63) is 71.2 Å². The molecule has 4 rings (SSSR count). The van der Waals surface area contributed by atoms with Crippen molar-refractivity contribution >= 4 is 11.6 Å². The van der Waals surface area contributed by atoms with Crippen molar-refractivity contribution in [2.75, 3.05) is 31.7 Å². The van der Waals surface area contributed by atoms with Gasteiger partial charge in [-0.2, -0.15) is 8.78 Å². The van der Waals surface area contributed by atoms with E-state index in [1.165, 1.54) is 6.07 Å². The van der Waals surface area contributed by atoms with Crippen molar-refractivity contribution in [1.82, 2.24) is 9.97 Å². The SMILES string of the molecule is Cc1ccc(NC(=O)c2ccnc(C(C)(F)F)c2)cc1-c1cc(OCCO)nc(C2(F)COC2)c1. The molecule has 3 heterocycles. The van der Waals surface area contributed by atoms with Gasteiger partial charge < -0.3 is 19.9 Å².